The number of rotatable bonds is 4. The molecule has 122 valence electrons. The van der Waals surface area contributed by atoms with Crippen LogP contribution >= 0.6 is 0 Å². The summed E-state index contributed by atoms with van der Waals surface area (Å²) in [5.74, 6) is 0.332. The van der Waals surface area contributed by atoms with Crippen molar-refractivity contribution >= 4 is 12.3 Å². The molecule has 0 bridgehead atoms. The largest absolute Gasteiger partial charge is 0.307 e. The average molecular weight is 316 g/mol. The molecular weight excluding hydrogens is 292 g/mol. The summed E-state index contributed by atoms with van der Waals surface area (Å²) in [6.07, 6.45) is 13.0. The first-order valence-corrected chi connectivity index (χ1v) is 9.06. The van der Waals surface area contributed by atoms with Crippen LogP contribution in [0, 0.1) is 0 Å². The van der Waals surface area contributed by atoms with Gasteiger partial charge in [-0.25, -0.2) is 0 Å². The van der Waals surface area contributed by atoms with E-state index in [0.29, 0.717) is 12.0 Å². The van der Waals surface area contributed by atoms with Gasteiger partial charge in [0.15, 0.2) is 0 Å². The third-order valence-electron chi connectivity index (χ3n) is 5.20. The molecule has 2 aromatic carbocycles. The molecule has 1 atom stereocenters. The van der Waals surface area contributed by atoms with Gasteiger partial charge >= 0.3 is 0 Å². The average Bonchev–Trinajstić information content (AvgIpc) is 3.07. The first kappa shape index (κ1) is 15.2. The number of allylic oxidation sites excluding steroid dienone is 1. The minimum absolute atomic E-state index is 0.332. The zero-order valence-corrected chi connectivity index (χ0v) is 14.0. The van der Waals surface area contributed by atoms with Crippen LogP contribution in [0.15, 0.2) is 59.7 Å². The third-order valence-corrected chi connectivity index (χ3v) is 5.20. The summed E-state index contributed by atoms with van der Waals surface area (Å²) in [5, 5.41) is 4.55. The molecule has 2 heteroatoms. The van der Waals surface area contributed by atoms with Crippen molar-refractivity contribution in [1.82, 2.24) is 5.43 Å². The monoisotopic (exact) mass is 316 g/mol. The van der Waals surface area contributed by atoms with Gasteiger partial charge in [0.1, 0.15) is 0 Å². The van der Waals surface area contributed by atoms with E-state index in [2.05, 4.69) is 71.2 Å². The number of fused-ring (bicyclic) bond motifs is 1. The fourth-order valence-electron chi connectivity index (χ4n) is 3.88. The van der Waals surface area contributed by atoms with Gasteiger partial charge in [-0.1, -0.05) is 79.9 Å². The highest BCUT2D eigenvalue weighted by atomic mass is 15.3. The Morgan fingerprint density at radius 1 is 0.875 bits per heavy atom. The molecule has 2 aromatic rings. The summed E-state index contributed by atoms with van der Waals surface area (Å²) in [4.78, 5) is 0. The van der Waals surface area contributed by atoms with Crippen LogP contribution in [-0.2, 0) is 0 Å². The molecule has 0 radical (unpaired) electrons. The highest BCUT2D eigenvalue weighted by Gasteiger charge is 2.20. The van der Waals surface area contributed by atoms with Gasteiger partial charge in [0.25, 0.3) is 0 Å². The van der Waals surface area contributed by atoms with E-state index < -0.39 is 0 Å². The molecule has 1 saturated carbocycles. The molecule has 0 aliphatic heterocycles. The molecule has 1 unspecified atom stereocenters. The predicted molar refractivity (Wildman–Crippen MR) is 101 cm³/mol. The predicted octanol–water partition coefficient (Wildman–Crippen LogP) is 5.10. The summed E-state index contributed by atoms with van der Waals surface area (Å²) >= 11 is 0. The molecule has 0 amide bonds. The fraction of sp³-hybridized carbons (Fsp3) is 0.318. The molecule has 24 heavy (non-hydrogen) atoms. The molecular formula is C22H24N2. The molecule has 0 saturated heterocycles. The second-order valence-electron chi connectivity index (χ2n) is 6.82. The number of nitrogens with one attached hydrogen (secondary N) is 1. The van der Waals surface area contributed by atoms with E-state index in [9.17, 15) is 0 Å². The van der Waals surface area contributed by atoms with E-state index in [4.69, 9.17) is 0 Å². The lowest BCUT2D eigenvalue weighted by Crippen LogP contribution is -2.26. The van der Waals surface area contributed by atoms with E-state index in [1.807, 2.05) is 6.21 Å². The summed E-state index contributed by atoms with van der Waals surface area (Å²) in [6.45, 7) is 0. The molecule has 1 N–H and O–H groups in total. The highest BCUT2D eigenvalue weighted by Crippen LogP contribution is 2.36. The SMILES string of the molecule is C1=CC(c2ccccc2/C=N/NC2CCCCC2)c2ccccc21. The maximum atomic E-state index is 4.55. The summed E-state index contributed by atoms with van der Waals surface area (Å²) in [5.41, 5.74) is 8.60. The molecule has 0 spiro atoms. The normalized spacial score (nSPS) is 20.4. The molecule has 4 rings (SSSR count). The maximum Gasteiger partial charge on any atom is 0.0543 e. The van der Waals surface area contributed by atoms with Crippen molar-refractivity contribution in [1.29, 1.82) is 0 Å². The first-order chi connectivity index (χ1) is 11.9. The topological polar surface area (TPSA) is 24.4 Å². The van der Waals surface area contributed by atoms with Crippen LogP contribution in [-0.4, -0.2) is 12.3 Å². The standard InChI is InChI=1S/C22H24N2/c1-2-10-19(11-3-1)24-23-16-18-9-5-7-13-21(18)22-15-14-17-8-4-6-12-20(17)22/h4-9,12-16,19,22,24H,1-3,10-11H2/b23-16+. The lowest BCUT2D eigenvalue weighted by Gasteiger charge is -2.21. The Labute approximate surface area is 144 Å². The van der Waals surface area contributed by atoms with Crippen LogP contribution in [0.25, 0.3) is 6.08 Å². The minimum Gasteiger partial charge on any atom is -0.307 e. The Bertz CT molecular complexity index is 754. The molecule has 2 aliphatic carbocycles. The van der Waals surface area contributed by atoms with Crippen molar-refractivity contribution in [3.63, 3.8) is 0 Å². The third kappa shape index (κ3) is 3.14. The second kappa shape index (κ2) is 7.04. The van der Waals surface area contributed by atoms with Crippen molar-refractivity contribution in [3.05, 3.63) is 76.9 Å². The van der Waals surface area contributed by atoms with Gasteiger partial charge in [-0.2, -0.15) is 5.10 Å². The van der Waals surface area contributed by atoms with E-state index >= 15 is 0 Å². The second-order valence-corrected chi connectivity index (χ2v) is 6.82. The zero-order valence-electron chi connectivity index (χ0n) is 14.0. The van der Waals surface area contributed by atoms with Crippen LogP contribution < -0.4 is 5.43 Å². The Morgan fingerprint density at radius 3 is 2.50 bits per heavy atom. The lowest BCUT2D eigenvalue weighted by atomic mass is 9.90. The summed E-state index contributed by atoms with van der Waals surface area (Å²) < 4.78 is 0. The minimum atomic E-state index is 0.332. The van der Waals surface area contributed by atoms with Gasteiger partial charge < -0.3 is 5.43 Å². The van der Waals surface area contributed by atoms with Gasteiger partial charge in [-0.3, -0.25) is 0 Å². The van der Waals surface area contributed by atoms with Gasteiger partial charge in [0, 0.05) is 12.0 Å². The smallest absolute Gasteiger partial charge is 0.0543 e. The van der Waals surface area contributed by atoms with Crippen molar-refractivity contribution < 1.29 is 0 Å². The lowest BCUT2D eigenvalue weighted by molar-refractivity contribution is 0.381. The number of hydrogen-bond donors (Lipinski definition) is 1. The van der Waals surface area contributed by atoms with E-state index in [1.165, 1.54) is 54.4 Å². The molecule has 1 fully saturated rings. The first-order valence-electron chi connectivity index (χ1n) is 9.06. The van der Waals surface area contributed by atoms with E-state index in [-0.39, 0.29) is 0 Å². The fourth-order valence-corrected chi connectivity index (χ4v) is 3.88. The Morgan fingerprint density at radius 2 is 1.62 bits per heavy atom. The van der Waals surface area contributed by atoms with Gasteiger partial charge in [-0.15, -0.1) is 0 Å². The van der Waals surface area contributed by atoms with Crippen LogP contribution in [0.5, 0.6) is 0 Å². The summed E-state index contributed by atoms with van der Waals surface area (Å²) in [6, 6.07) is 17.8. The van der Waals surface area contributed by atoms with E-state index in [1.54, 1.807) is 0 Å². The van der Waals surface area contributed by atoms with Crippen LogP contribution in [0.2, 0.25) is 0 Å². The van der Waals surface area contributed by atoms with Gasteiger partial charge in [-0.05, 0) is 35.1 Å². The summed E-state index contributed by atoms with van der Waals surface area (Å²) in [7, 11) is 0. The van der Waals surface area contributed by atoms with Gasteiger partial charge in [0.2, 0.25) is 0 Å². The molecule has 0 heterocycles. The van der Waals surface area contributed by atoms with Gasteiger partial charge in [0.05, 0.1) is 6.21 Å². The number of nitrogens with zero attached hydrogens (tertiary/aromatic N) is 1. The van der Waals surface area contributed by atoms with Crippen LogP contribution in [0.1, 0.15) is 60.3 Å². The highest BCUT2D eigenvalue weighted by molar-refractivity contribution is 5.83. The number of hydrazone groups is 1. The Hall–Kier alpha value is -2.35. The maximum absolute atomic E-state index is 4.55. The molecule has 2 nitrogen and oxygen atoms in total. The molecule has 2 aliphatic rings. The molecule has 0 aromatic heterocycles. The zero-order chi connectivity index (χ0) is 16.2. The Balaban J connectivity index is 1.54. The van der Waals surface area contributed by atoms with E-state index in [0.717, 1.165) is 0 Å². The van der Waals surface area contributed by atoms with Crippen molar-refractivity contribution in [3.8, 4) is 0 Å². The van der Waals surface area contributed by atoms with Crippen LogP contribution in [0.4, 0.5) is 0 Å². The van der Waals surface area contributed by atoms with Crippen molar-refractivity contribution in [2.24, 2.45) is 5.10 Å². The number of hydrogen-bond acceptors (Lipinski definition) is 2. The van der Waals surface area contributed by atoms with Crippen molar-refractivity contribution in [2.45, 2.75) is 44.1 Å². The quantitative estimate of drug-likeness (QED) is 0.616. The van der Waals surface area contributed by atoms with Crippen molar-refractivity contribution in [2.75, 3.05) is 0 Å². The Kier molecular flexibility index (Phi) is 4.46. The van der Waals surface area contributed by atoms with Crippen LogP contribution in [0.3, 0.4) is 0 Å². The number of benzene rings is 2.